The number of benzene rings is 4. The molecule has 4 aromatic carbocycles. The molecule has 0 aromatic heterocycles. The van der Waals surface area contributed by atoms with Crippen molar-refractivity contribution in [2.75, 3.05) is 5.32 Å². The monoisotopic (exact) mass is 490 g/mol. The van der Waals surface area contributed by atoms with Gasteiger partial charge in [-0.3, -0.25) is 15.0 Å². The summed E-state index contributed by atoms with van der Waals surface area (Å²) in [6.07, 6.45) is 0.974. The number of anilines is 1. The molecule has 0 saturated carbocycles. The van der Waals surface area contributed by atoms with E-state index < -0.39 is 5.92 Å². The zero-order valence-corrected chi connectivity index (χ0v) is 20.5. The molecule has 186 valence electrons. The molecule has 0 aliphatic carbocycles. The van der Waals surface area contributed by atoms with Crippen molar-refractivity contribution in [2.24, 2.45) is 11.7 Å². The lowest BCUT2D eigenvalue weighted by atomic mass is 9.97. The molecule has 0 radical (unpaired) electrons. The molecular formula is C31H30N4O2. The van der Waals surface area contributed by atoms with E-state index in [1.165, 1.54) is 0 Å². The van der Waals surface area contributed by atoms with Crippen LogP contribution < -0.4 is 16.4 Å². The Morgan fingerprint density at radius 3 is 1.92 bits per heavy atom. The lowest BCUT2D eigenvalue weighted by Crippen LogP contribution is -2.38. The van der Waals surface area contributed by atoms with Gasteiger partial charge in [-0.05, 0) is 59.4 Å². The van der Waals surface area contributed by atoms with Gasteiger partial charge < -0.3 is 16.4 Å². The highest BCUT2D eigenvalue weighted by molar-refractivity contribution is 6.06. The molecule has 2 amide bonds. The van der Waals surface area contributed by atoms with Gasteiger partial charge in [0.05, 0.1) is 0 Å². The van der Waals surface area contributed by atoms with Gasteiger partial charge in [0.1, 0.15) is 11.8 Å². The highest BCUT2D eigenvalue weighted by Crippen LogP contribution is 2.20. The number of amides is 2. The molecule has 4 rings (SSSR count). The van der Waals surface area contributed by atoms with Crippen molar-refractivity contribution in [2.45, 2.75) is 19.4 Å². The SMILES string of the molecule is N=C(N)c1ccc(NC(=O)C(CCc2ccccc2)C(=O)NCc2ccc(-c3ccccc3)cc2)cc1. The van der Waals surface area contributed by atoms with Gasteiger partial charge in [-0.2, -0.15) is 0 Å². The third-order valence-electron chi connectivity index (χ3n) is 6.19. The molecule has 0 fully saturated rings. The first kappa shape index (κ1) is 25.4. The minimum atomic E-state index is -0.865. The van der Waals surface area contributed by atoms with Crippen LogP contribution in [-0.2, 0) is 22.6 Å². The number of nitrogens with two attached hydrogens (primary N) is 1. The van der Waals surface area contributed by atoms with E-state index in [9.17, 15) is 9.59 Å². The van der Waals surface area contributed by atoms with Gasteiger partial charge in [0.15, 0.2) is 0 Å². The summed E-state index contributed by atoms with van der Waals surface area (Å²) in [7, 11) is 0. The van der Waals surface area contributed by atoms with Crippen LogP contribution >= 0.6 is 0 Å². The average molecular weight is 491 g/mol. The predicted molar refractivity (Wildman–Crippen MR) is 148 cm³/mol. The maximum absolute atomic E-state index is 13.2. The predicted octanol–water partition coefficient (Wildman–Crippen LogP) is 5.14. The van der Waals surface area contributed by atoms with E-state index in [0.29, 0.717) is 30.6 Å². The van der Waals surface area contributed by atoms with E-state index in [0.717, 1.165) is 22.3 Å². The van der Waals surface area contributed by atoms with Gasteiger partial charge in [0, 0.05) is 17.8 Å². The Bertz CT molecular complexity index is 1340. The summed E-state index contributed by atoms with van der Waals surface area (Å²) in [4.78, 5) is 26.4. The van der Waals surface area contributed by atoms with E-state index in [-0.39, 0.29) is 17.6 Å². The second-order valence-electron chi connectivity index (χ2n) is 8.84. The van der Waals surface area contributed by atoms with Crippen LogP contribution in [0.25, 0.3) is 11.1 Å². The van der Waals surface area contributed by atoms with Gasteiger partial charge in [0.2, 0.25) is 11.8 Å². The van der Waals surface area contributed by atoms with Crippen molar-refractivity contribution in [3.05, 3.63) is 126 Å². The van der Waals surface area contributed by atoms with Crippen molar-refractivity contribution in [1.29, 1.82) is 5.41 Å². The van der Waals surface area contributed by atoms with Crippen LogP contribution in [0.1, 0.15) is 23.1 Å². The number of carbonyl (C=O) groups is 2. The van der Waals surface area contributed by atoms with Crippen LogP contribution in [0, 0.1) is 11.3 Å². The second-order valence-corrected chi connectivity index (χ2v) is 8.84. The summed E-state index contributed by atoms with van der Waals surface area (Å²) in [5.74, 6) is -1.60. The first-order valence-electron chi connectivity index (χ1n) is 12.2. The van der Waals surface area contributed by atoms with Gasteiger partial charge in [-0.1, -0.05) is 84.9 Å². The number of nitrogen functional groups attached to an aromatic ring is 1. The third-order valence-corrected chi connectivity index (χ3v) is 6.19. The van der Waals surface area contributed by atoms with E-state index in [1.54, 1.807) is 24.3 Å². The first-order valence-corrected chi connectivity index (χ1v) is 12.2. The third kappa shape index (κ3) is 7.15. The van der Waals surface area contributed by atoms with E-state index in [4.69, 9.17) is 11.1 Å². The van der Waals surface area contributed by atoms with Crippen LogP contribution in [0.5, 0.6) is 0 Å². The topological polar surface area (TPSA) is 108 Å². The smallest absolute Gasteiger partial charge is 0.236 e. The number of hydrogen-bond acceptors (Lipinski definition) is 3. The fourth-order valence-corrected chi connectivity index (χ4v) is 4.06. The Balaban J connectivity index is 1.42. The number of carbonyl (C=O) groups excluding carboxylic acids is 2. The quantitative estimate of drug-likeness (QED) is 0.140. The molecule has 6 heteroatoms. The van der Waals surface area contributed by atoms with Crippen molar-refractivity contribution in [3.63, 3.8) is 0 Å². The van der Waals surface area contributed by atoms with Crippen LogP contribution in [0.2, 0.25) is 0 Å². The van der Waals surface area contributed by atoms with Gasteiger partial charge in [0.25, 0.3) is 0 Å². The molecule has 37 heavy (non-hydrogen) atoms. The largest absolute Gasteiger partial charge is 0.384 e. The van der Waals surface area contributed by atoms with E-state index in [2.05, 4.69) is 22.8 Å². The van der Waals surface area contributed by atoms with Gasteiger partial charge in [-0.25, -0.2) is 0 Å². The van der Waals surface area contributed by atoms with Crippen molar-refractivity contribution in [1.82, 2.24) is 5.32 Å². The normalized spacial score (nSPS) is 11.4. The summed E-state index contributed by atoms with van der Waals surface area (Å²) in [5.41, 5.74) is 10.9. The molecule has 0 spiro atoms. The summed E-state index contributed by atoms with van der Waals surface area (Å²) in [5, 5.41) is 13.3. The number of aryl methyl sites for hydroxylation is 1. The van der Waals surface area contributed by atoms with Crippen LogP contribution in [0.15, 0.2) is 109 Å². The summed E-state index contributed by atoms with van der Waals surface area (Å²) < 4.78 is 0. The average Bonchev–Trinajstić information content (AvgIpc) is 2.93. The van der Waals surface area contributed by atoms with E-state index in [1.807, 2.05) is 72.8 Å². The van der Waals surface area contributed by atoms with Crippen LogP contribution in [-0.4, -0.2) is 17.6 Å². The zero-order valence-electron chi connectivity index (χ0n) is 20.5. The van der Waals surface area contributed by atoms with Crippen molar-refractivity contribution in [3.8, 4) is 11.1 Å². The fraction of sp³-hybridized carbons (Fsp3) is 0.129. The Morgan fingerprint density at radius 1 is 0.703 bits per heavy atom. The van der Waals surface area contributed by atoms with Crippen molar-refractivity contribution < 1.29 is 9.59 Å². The molecule has 1 atom stereocenters. The van der Waals surface area contributed by atoms with Crippen LogP contribution in [0.4, 0.5) is 5.69 Å². The summed E-state index contributed by atoms with van der Waals surface area (Å²) in [6.45, 7) is 0.330. The highest BCUT2D eigenvalue weighted by atomic mass is 16.2. The molecule has 0 heterocycles. The Morgan fingerprint density at radius 2 is 1.30 bits per heavy atom. The van der Waals surface area contributed by atoms with Crippen molar-refractivity contribution >= 4 is 23.3 Å². The molecule has 0 saturated heterocycles. The number of hydrogen-bond donors (Lipinski definition) is 4. The number of amidine groups is 1. The molecule has 4 aromatic rings. The molecule has 6 nitrogen and oxygen atoms in total. The molecular weight excluding hydrogens is 460 g/mol. The van der Waals surface area contributed by atoms with Crippen LogP contribution in [0.3, 0.4) is 0 Å². The molecule has 1 unspecified atom stereocenters. The maximum atomic E-state index is 13.2. The van der Waals surface area contributed by atoms with Gasteiger partial charge >= 0.3 is 0 Å². The molecule has 0 aliphatic rings. The highest BCUT2D eigenvalue weighted by Gasteiger charge is 2.26. The minimum absolute atomic E-state index is 0.0465. The second kappa shape index (κ2) is 12.3. The lowest BCUT2D eigenvalue weighted by Gasteiger charge is -2.17. The molecule has 0 bridgehead atoms. The lowest BCUT2D eigenvalue weighted by molar-refractivity contribution is -0.132. The molecule has 5 N–H and O–H groups in total. The van der Waals surface area contributed by atoms with Gasteiger partial charge in [-0.15, -0.1) is 0 Å². The Kier molecular flexibility index (Phi) is 8.45. The zero-order chi connectivity index (χ0) is 26.0. The standard InChI is InChI=1S/C31H30N4O2/c32-29(33)26-16-18-27(19-17-26)35-31(37)28(20-13-22-7-3-1-4-8-22)30(36)34-21-23-11-14-25(15-12-23)24-9-5-2-6-10-24/h1-12,14-19,28H,13,20-21H2,(H3,32,33)(H,34,36)(H,35,37). The number of nitrogens with one attached hydrogen (secondary N) is 3. The Labute approximate surface area is 217 Å². The summed E-state index contributed by atoms with van der Waals surface area (Å²) in [6, 6.07) is 34.6. The summed E-state index contributed by atoms with van der Waals surface area (Å²) >= 11 is 0. The number of rotatable bonds is 10. The fourth-order valence-electron chi connectivity index (χ4n) is 4.06. The first-order chi connectivity index (χ1) is 18.0. The Hall–Kier alpha value is -4.71. The molecule has 0 aliphatic heterocycles. The maximum Gasteiger partial charge on any atom is 0.236 e. The van der Waals surface area contributed by atoms with E-state index >= 15 is 0 Å². The minimum Gasteiger partial charge on any atom is -0.384 e.